The van der Waals surface area contributed by atoms with Gasteiger partial charge in [0.1, 0.15) is 17.6 Å². The number of hydrogen-bond donors (Lipinski definition) is 1. The fourth-order valence-corrected chi connectivity index (χ4v) is 1.59. The number of nitrogens with two attached hydrogens (primary N) is 1. The Morgan fingerprint density at radius 1 is 1.43 bits per heavy atom. The Morgan fingerprint density at radius 2 is 2.21 bits per heavy atom. The van der Waals surface area contributed by atoms with Gasteiger partial charge < -0.3 is 10.5 Å². The van der Waals surface area contributed by atoms with E-state index in [2.05, 4.69) is 13.5 Å². The minimum absolute atomic E-state index is 0.169. The summed E-state index contributed by atoms with van der Waals surface area (Å²) in [6.45, 7) is 0.169. The van der Waals surface area contributed by atoms with Crippen molar-refractivity contribution in [1.29, 1.82) is 0 Å². The molecular weight excluding hydrogens is 202 g/mol. The first-order valence-electron chi connectivity index (χ1n) is 3.89. The zero-order valence-corrected chi connectivity index (χ0v) is 7.95. The van der Waals surface area contributed by atoms with Gasteiger partial charge in [-0.3, -0.25) is 0 Å². The van der Waals surface area contributed by atoms with Gasteiger partial charge in [-0.2, -0.15) is 8.75 Å². The number of primary amides is 1. The topological polar surface area (TPSA) is 78.1 Å². The summed E-state index contributed by atoms with van der Waals surface area (Å²) in [4.78, 5) is 10.4. The van der Waals surface area contributed by atoms with Crippen molar-refractivity contribution in [2.24, 2.45) is 5.73 Å². The minimum Gasteiger partial charge on any atom is -0.445 e. The largest absolute Gasteiger partial charge is 0.445 e. The molecule has 14 heavy (non-hydrogen) atoms. The van der Waals surface area contributed by atoms with Gasteiger partial charge in [0.2, 0.25) is 0 Å². The third kappa shape index (κ3) is 1.80. The monoisotopic (exact) mass is 209 g/mol. The van der Waals surface area contributed by atoms with E-state index in [-0.39, 0.29) is 6.61 Å². The molecule has 1 aromatic heterocycles. The molecule has 0 fully saturated rings. The van der Waals surface area contributed by atoms with Gasteiger partial charge in [-0.15, -0.1) is 0 Å². The Kier molecular flexibility index (Phi) is 2.28. The molecule has 72 valence electrons. The SMILES string of the molecule is NC(=O)OCc1ccc2nsnc2c1. The number of ether oxygens (including phenoxy) is 1. The molecule has 0 aliphatic heterocycles. The molecular formula is C8H7N3O2S. The second-order valence-electron chi connectivity index (χ2n) is 2.70. The Bertz CT molecular complexity index is 468. The van der Waals surface area contributed by atoms with Gasteiger partial charge in [0.25, 0.3) is 0 Å². The smallest absolute Gasteiger partial charge is 0.404 e. The molecule has 0 saturated heterocycles. The van der Waals surface area contributed by atoms with Crippen molar-refractivity contribution < 1.29 is 9.53 Å². The van der Waals surface area contributed by atoms with E-state index in [0.29, 0.717) is 0 Å². The number of carbonyl (C=O) groups is 1. The highest BCUT2D eigenvalue weighted by Crippen LogP contribution is 2.13. The lowest BCUT2D eigenvalue weighted by Gasteiger charge is -2.00. The number of hydrogen-bond acceptors (Lipinski definition) is 5. The van der Waals surface area contributed by atoms with Crippen LogP contribution < -0.4 is 5.73 Å². The summed E-state index contributed by atoms with van der Waals surface area (Å²) in [5, 5.41) is 0. The van der Waals surface area contributed by atoms with Crippen molar-refractivity contribution in [3.8, 4) is 0 Å². The lowest BCUT2D eigenvalue weighted by atomic mass is 10.2. The normalized spacial score (nSPS) is 10.3. The van der Waals surface area contributed by atoms with Crippen LogP contribution in [-0.4, -0.2) is 14.8 Å². The van der Waals surface area contributed by atoms with Gasteiger partial charge in [-0.25, -0.2) is 4.79 Å². The van der Waals surface area contributed by atoms with Crippen molar-refractivity contribution in [2.45, 2.75) is 6.61 Å². The molecule has 0 atom stereocenters. The van der Waals surface area contributed by atoms with Crippen LogP contribution in [0.25, 0.3) is 11.0 Å². The molecule has 0 spiro atoms. The van der Waals surface area contributed by atoms with E-state index < -0.39 is 6.09 Å². The Morgan fingerprint density at radius 3 is 3.00 bits per heavy atom. The molecule has 0 aliphatic rings. The fourth-order valence-electron chi connectivity index (χ4n) is 1.07. The number of carbonyl (C=O) groups excluding carboxylic acids is 1. The summed E-state index contributed by atoms with van der Waals surface area (Å²) < 4.78 is 12.8. The van der Waals surface area contributed by atoms with Crippen molar-refractivity contribution in [1.82, 2.24) is 8.75 Å². The van der Waals surface area contributed by atoms with E-state index in [4.69, 9.17) is 5.73 Å². The second-order valence-corrected chi connectivity index (χ2v) is 3.22. The van der Waals surface area contributed by atoms with Crippen LogP contribution in [0.15, 0.2) is 18.2 Å². The summed E-state index contributed by atoms with van der Waals surface area (Å²) in [5.41, 5.74) is 7.35. The quantitative estimate of drug-likeness (QED) is 0.808. The van der Waals surface area contributed by atoms with E-state index in [1.54, 1.807) is 0 Å². The van der Waals surface area contributed by atoms with Crippen LogP contribution in [0.4, 0.5) is 4.79 Å². The van der Waals surface area contributed by atoms with Crippen LogP contribution in [0.5, 0.6) is 0 Å². The maximum absolute atomic E-state index is 10.4. The zero-order chi connectivity index (χ0) is 9.97. The van der Waals surface area contributed by atoms with Crippen molar-refractivity contribution in [3.63, 3.8) is 0 Å². The van der Waals surface area contributed by atoms with Gasteiger partial charge >= 0.3 is 6.09 Å². The number of rotatable bonds is 2. The molecule has 0 saturated carbocycles. The summed E-state index contributed by atoms with van der Waals surface area (Å²) in [6.07, 6.45) is -0.776. The first-order chi connectivity index (χ1) is 6.75. The highest BCUT2D eigenvalue weighted by Gasteiger charge is 2.01. The predicted octanol–water partition coefficient (Wildman–Crippen LogP) is 1.29. The lowest BCUT2D eigenvalue weighted by Crippen LogP contribution is -2.12. The van der Waals surface area contributed by atoms with Crippen LogP contribution in [-0.2, 0) is 11.3 Å². The Hall–Kier alpha value is -1.69. The maximum atomic E-state index is 10.4. The summed E-state index contributed by atoms with van der Waals surface area (Å²) >= 11 is 1.15. The molecule has 1 amide bonds. The van der Waals surface area contributed by atoms with Gasteiger partial charge in [0.15, 0.2) is 0 Å². The second kappa shape index (κ2) is 3.59. The number of benzene rings is 1. The molecule has 6 heteroatoms. The highest BCUT2D eigenvalue weighted by atomic mass is 32.1. The first-order valence-corrected chi connectivity index (χ1v) is 4.62. The van der Waals surface area contributed by atoms with Crippen molar-refractivity contribution in [3.05, 3.63) is 23.8 Å². The van der Waals surface area contributed by atoms with Gasteiger partial charge in [0.05, 0.1) is 11.7 Å². The van der Waals surface area contributed by atoms with E-state index in [0.717, 1.165) is 28.3 Å². The number of nitrogens with zero attached hydrogens (tertiary/aromatic N) is 2. The molecule has 1 heterocycles. The predicted molar refractivity (Wildman–Crippen MR) is 51.8 cm³/mol. The molecule has 5 nitrogen and oxygen atoms in total. The van der Waals surface area contributed by atoms with E-state index >= 15 is 0 Å². The first kappa shape index (κ1) is 8.89. The van der Waals surface area contributed by atoms with Crippen LogP contribution in [0.1, 0.15) is 5.56 Å². The van der Waals surface area contributed by atoms with Gasteiger partial charge in [-0.05, 0) is 17.7 Å². The molecule has 1 aromatic carbocycles. The summed E-state index contributed by atoms with van der Waals surface area (Å²) in [7, 11) is 0. The number of amides is 1. The van der Waals surface area contributed by atoms with E-state index in [1.165, 1.54) is 0 Å². The average Bonchev–Trinajstić information content (AvgIpc) is 2.61. The van der Waals surface area contributed by atoms with Crippen LogP contribution in [0, 0.1) is 0 Å². The maximum Gasteiger partial charge on any atom is 0.404 e. The average molecular weight is 209 g/mol. The van der Waals surface area contributed by atoms with Crippen molar-refractivity contribution in [2.75, 3.05) is 0 Å². The standard InChI is InChI=1S/C8H7N3O2S/c9-8(12)13-4-5-1-2-6-7(3-5)11-14-10-6/h1-3H,4H2,(H2,9,12). The fraction of sp³-hybridized carbons (Fsp3) is 0.125. The lowest BCUT2D eigenvalue weighted by molar-refractivity contribution is 0.150. The molecule has 0 aliphatic carbocycles. The van der Waals surface area contributed by atoms with Crippen LogP contribution in [0.2, 0.25) is 0 Å². The van der Waals surface area contributed by atoms with E-state index in [9.17, 15) is 4.79 Å². The molecule has 0 radical (unpaired) electrons. The number of fused-ring (bicyclic) bond motifs is 1. The van der Waals surface area contributed by atoms with Crippen LogP contribution >= 0.6 is 11.7 Å². The molecule has 2 rings (SSSR count). The van der Waals surface area contributed by atoms with Gasteiger partial charge in [0, 0.05) is 0 Å². The summed E-state index contributed by atoms with van der Waals surface area (Å²) in [6, 6.07) is 5.48. The third-order valence-corrected chi connectivity index (χ3v) is 2.26. The van der Waals surface area contributed by atoms with Gasteiger partial charge in [-0.1, -0.05) is 6.07 Å². The van der Waals surface area contributed by atoms with E-state index in [1.807, 2.05) is 18.2 Å². The summed E-state index contributed by atoms with van der Waals surface area (Å²) in [5.74, 6) is 0. The molecule has 2 aromatic rings. The minimum atomic E-state index is -0.776. The highest BCUT2D eigenvalue weighted by molar-refractivity contribution is 7.00. The Labute approximate surface area is 83.8 Å². The number of aromatic nitrogens is 2. The Balaban J connectivity index is 2.21. The third-order valence-electron chi connectivity index (χ3n) is 1.70. The molecule has 0 bridgehead atoms. The zero-order valence-electron chi connectivity index (χ0n) is 7.14. The molecule has 2 N–H and O–H groups in total. The van der Waals surface area contributed by atoms with Crippen LogP contribution in [0.3, 0.4) is 0 Å². The van der Waals surface area contributed by atoms with Crippen molar-refractivity contribution >= 4 is 28.9 Å². The molecule has 0 unspecified atom stereocenters.